The molecule has 1 aliphatic carbocycles. The van der Waals surface area contributed by atoms with Crippen molar-refractivity contribution in [3.8, 4) is 0 Å². The van der Waals surface area contributed by atoms with Crippen LogP contribution >= 0.6 is 0 Å². The van der Waals surface area contributed by atoms with E-state index in [1.54, 1.807) is 6.92 Å². The molecule has 1 saturated carbocycles. The van der Waals surface area contributed by atoms with Crippen LogP contribution in [-0.2, 0) is 4.79 Å². The Balaban J connectivity index is -0.0000000631. The van der Waals surface area contributed by atoms with Crippen LogP contribution < -0.4 is 0 Å². The number of rotatable bonds is 1. The van der Waals surface area contributed by atoms with Gasteiger partial charge in [0.05, 0.1) is 0 Å². The minimum absolute atomic E-state index is 0.225. The molecule has 3 fully saturated rings. The Morgan fingerprint density at radius 1 is 0.516 bits per heavy atom. The van der Waals surface area contributed by atoms with Gasteiger partial charge in [-0.3, -0.25) is 4.79 Å². The Hall–Kier alpha value is -0.570. The zero-order valence-electron chi connectivity index (χ0n) is 25.2. The normalized spacial score (nSPS) is 14.4. The highest BCUT2D eigenvalue weighted by Crippen LogP contribution is 2.14. The molecule has 3 rings (SSSR count). The quantitative estimate of drug-likeness (QED) is 0.398. The summed E-state index contributed by atoms with van der Waals surface area (Å²) in [4.78, 5) is 15.0. The zero-order valence-corrected chi connectivity index (χ0v) is 25.2. The number of amides is 1. The van der Waals surface area contributed by atoms with Crippen LogP contribution in [0.2, 0.25) is 0 Å². The van der Waals surface area contributed by atoms with Crippen LogP contribution in [0.4, 0.5) is 0 Å². The first kappa shape index (κ1) is 44.2. The summed E-state index contributed by atoms with van der Waals surface area (Å²) in [6.45, 7) is 34.8. The van der Waals surface area contributed by atoms with Crippen LogP contribution in [0.5, 0.6) is 0 Å². The van der Waals surface area contributed by atoms with Gasteiger partial charge in [0.2, 0.25) is 5.91 Å². The summed E-state index contributed by atoms with van der Waals surface area (Å²) in [5.41, 5.74) is 0. The summed E-state index contributed by atoms with van der Waals surface area (Å²) in [6.07, 6.45) is 9.72. The zero-order chi connectivity index (χ0) is 26.1. The van der Waals surface area contributed by atoms with Crippen molar-refractivity contribution in [1.82, 2.24) is 9.80 Å². The van der Waals surface area contributed by atoms with E-state index in [9.17, 15) is 4.79 Å². The highest BCUT2D eigenvalue weighted by molar-refractivity contribution is 5.73. The Kier molecular flexibility index (Phi) is 67.4. The van der Waals surface area contributed by atoms with Crippen molar-refractivity contribution in [2.45, 2.75) is 155 Å². The second-order valence-electron chi connectivity index (χ2n) is 6.11. The lowest BCUT2D eigenvalue weighted by Gasteiger charge is -2.18. The maximum atomic E-state index is 10.6. The lowest BCUT2D eigenvalue weighted by atomic mass is 10.3. The molecule has 0 aromatic heterocycles. The van der Waals surface area contributed by atoms with E-state index in [0.717, 1.165) is 19.1 Å². The number of hydrogen-bond acceptors (Lipinski definition) is 2. The Bertz CT molecular complexity index is 239. The molecule has 2 heterocycles. The van der Waals surface area contributed by atoms with Crippen LogP contribution in [0.15, 0.2) is 0 Å². The topological polar surface area (TPSA) is 23.6 Å². The van der Waals surface area contributed by atoms with E-state index in [-0.39, 0.29) is 5.91 Å². The molecule has 1 amide bonds. The standard InChI is InChI=1S/C7H15N.C6H11NO.C3H6.6C2H6/c1-7(2)8-5-3-4-6-8;1-6(8)7-4-2-3-5-7;1-2-3-1;6*1-2/h7H,3-6H2,1-2H3;2-5H2,1H3;1-3H2;6*1-2H3. The molecule has 0 aromatic carbocycles. The number of hydrogen-bond donors (Lipinski definition) is 0. The van der Waals surface area contributed by atoms with E-state index >= 15 is 0 Å². The van der Waals surface area contributed by atoms with Gasteiger partial charge in [-0.05, 0) is 52.6 Å². The SMILES string of the molecule is C1CC1.CC.CC.CC.CC.CC.CC.CC(=O)N1CCCC1.CC(C)N1CCCC1. The number of carbonyl (C=O) groups excluding carboxylic acids is 1. The molecule has 0 atom stereocenters. The van der Waals surface area contributed by atoms with E-state index in [4.69, 9.17) is 0 Å². The Labute approximate surface area is 201 Å². The highest BCUT2D eigenvalue weighted by Gasteiger charge is 2.13. The third kappa shape index (κ3) is 44.0. The van der Waals surface area contributed by atoms with Gasteiger partial charge in [-0.1, -0.05) is 102 Å². The molecule has 3 heteroatoms. The number of carbonyl (C=O) groups is 1. The third-order valence-corrected chi connectivity index (χ3v) is 3.78. The highest BCUT2D eigenvalue weighted by atomic mass is 16.2. The first-order chi connectivity index (χ1) is 15.1. The van der Waals surface area contributed by atoms with Gasteiger partial charge >= 0.3 is 0 Å². The molecule has 0 spiro atoms. The van der Waals surface area contributed by atoms with Crippen molar-refractivity contribution in [2.75, 3.05) is 26.2 Å². The summed E-state index contributed by atoms with van der Waals surface area (Å²) in [5, 5.41) is 0. The number of likely N-dealkylation sites (tertiary alicyclic amines) is 2. The molecule has 2 aliphatic heterocycles. The van der Waals surface area contributed by atoms with Gasteiger partial charge in [0.25, 0.3) is 0 Å². The van der Waals surface area contributed by atoms with Crippen molar-refractivity contribution >= 4 is 5.91 Å². The van der Waals surface area contributed by atoms with Gasteiger partial charge in [0.15, 0.2) is 0 Å². The summed E-state index contributed by atoms with van der Waals surface area (Å²) in [7, 11) is 0. The van der Waals surface area contributed by atoms with Gasteiger partial charge in [-0.15, -0.1) is 0 Å². The fourth-order valence-corrected chi connectivity index (χ4v) is 2.29. The smallest absolute Gasteiger partial charge is 0.219 e. The van der Waals surface area contributed by atoms with Gasteiger partial charge < -0.3 is 9.80 Å². The fourth-order valence-electron chi connectivity index (χ4n) is 2.29. The molecular weight excluding hydrogens is 380 g/mol. The van der Waals surface area contributed by atoms with Crippen molar-refractivity contribution in [3.63, 3.8) is 0 Å². The molecule has 0 radical (unpaired) electrons. The van der Waals surface area contributed by atoms with Crippen molar-refractivity contribution < 1.29 is 4.79 Å². The predicted molar refractivity (Wildman–Crippen MR) is 149 cm³/mol. The summed E-state index contributed by atoms with van der Waals surface area (Å²) < 4.78 is 0. The van der Waals surface area contributed by atoms with Crippen LogP contribution in [0.25, 0.3) is 0 Å². The molecule has 196 valence electrons. The first-order valence-electron chi connectivity index (χ1n) is 14.1. The van der Waals surface area contributed by atoms with Gasteiger partial charge in [0, 0.05) is 26.1 Å². The molecule has 0 N–H and O–H groups in total. The van der Waals surface area contributed by atoms with Gasteiger partial charge in [-0.2, -0.15) is 0 Å². The molecule has 3 aliphatic rings. The molecule has 3 nitrogen and oxygen atoms in total. The van der Waals surface area contributed by atoms with Gasteiger partial charge in [0.1, 0.15) is 0 Å². The molecule has 0 bridgehead atoms. The van der Waals surface area contributed by atoms with E-state index in [0.29, 0.717) is 0 Å². The maximum Gasteiger partial charge on any atom is 0.219 e. The first-order valence-corrected chi connectivity index (χ1v) is 14.1. The molecular formula is C28H68N2O. The Morgan fingerprint density at radius 3 is 0.903 bits per heavy atom. The lowest BCUT2D eigenvalue weighted by Crippen LogP contribution is -2.26. The van der Waals surface area contributed by atoms with Crippen LogP contribution in [0.3, 0.4) is 0 Å². The lowest BCUT2D eigenvalue weighted by molar-refractivity contribution is -0.127. The average molecular weight is 449 g/mol. The monoisotopic (exact) mass is 449 g/mol. The minimum atomic E-state index is 0.225. The van der Waals surface area contributed by atoms with Crippen molar-refractivity contribution in [2.24, 2.45) is 0 Å². The minimum Gasteiger partial charge on any atom is -0.343 e. The summed E-state index contributed by atoms with van der Waals surface area (Å²) in [5.74, 6) is 0.225. The van der Waals surface area contributed by atoms with E-state index in [2.05, 4.69) is 18.7 Å². The maximum absolute atomic E-state index is 10.6. The predicted octanol–water partition coefficient (Wildman–Crippen LogP) is 9.45. The largest absolute Gasteiger partial charge is 0.343 e. The van der Waals surface area contributed by atoms with E-state index in [1.807, 2.05) is 88.0 Å². The van der Waals surface area contributed by atoms with Crippen LogP contribution in [0, 0.1) is 0 Å². The van der Waals surface area contributed by atoms with Crippen molar-refractivity contribution in [1.29, 1.82) is 0 Å². The van der Waals surface area contributed by atoms with Gasteiger partial charge in [-0.25, -0.2) is 0 Å². The molecule has 0 aromatic rings. The van der Waals surface area contributed by atoms with Crippen LogP contribution in [-0.4, -0.2) is 47.9 Å². The summed E-state index contributed by atoms with van der Waals surface area (Å²) >= 11 is 0. The average Bonchev–Trinajstić information content (AvgIpc) is 3.42. The van der Waals surface area contributed by atoms with E-state index in [1.165, 1.54) is 58.0 Å². The number of nitrogens with zero attached hydrogens (tertiary/aromatic N) is 2. The van der Waals surface area contributed by atoms with Crippen molar-refractivity contribution in [3.05, 3.63) is 0 Å². The van der Waals surface area contributed by atoms with Crippen LogP contribution in [0.1, 0.15) is 149 Å². The fraction of sp³-hybridized carbons (Fsp3) is 0.964. The van der Waals surface area contributed by atoms with E-state index < -0.39 is 0 Å². The Morgan fingerprint density at radius 2 is 0.774 bits per heavy atom. The summed E-state index contributed by atoms with van der Waals surface area (Å²) in [6, 6.07) is 0.775. The molecule has 31 heavy (non-hydrogen) atoms. The second-order valence-corrected chi connectivity index (χ2v) is 6.11. The molecule has 0 unspecified atom stereocenters. The molecule has 2 saturated heterocycles. The second kappa shape index (κ2) is 47.3. The third-order valence-electron chi connectivity index (χ3n) is 3.78.